The van der Waals surface area contributed by atoms with Gasteiger partial charge >= 0.3 is 0 Å². The Balaban J connectivity index is 2.06. The van der Waals surface area contributed by atoms with Crippen molar-refractivity contribution < 1.29 is 0 Å². The van der Waals surface area contributed by atoms with Crippen molar-refractivity contribution in [3.05, 3.63) is 0 Å². The van der Waals surface area contributed by atoms with Gasteiger partial charge in [0.05, 0.1) is 11.5 Å². The van der Waals surface area contributed by atoms with Crippen molar-refractivity contribution in [2.24, 2.45) is 10.8 Å². The third-order valence-electron chi connectivity index (χ3n) is 2.61. The van der Waals surface area contributed by atoms with Crippen LogP contribution in [0.4, 0.5) is 0 Å². The number of nitrogens with one attached hydrogen (secondary N) is 1. The van der Waals surface area contributed by atoms with Gasteiger partial charge in [0.25, 0.3) is 0 Å². The summed E-state index contributed by atoms with van der Waals surface area (Å²) in [7, 11) is 0. The number of hydrogen-bond donors (Lipinski definition) is 1. The number of hydrogen-bond acceptors (Lipinski definition) is 2. The molecule has 1 saturated carbocycles. The predicted octanol–water partition coefficient (Wildman–Crippen LogP) is 2.32. The zero-order valence-corrected chi connectivity index (χ0v) is 8.98. The molecule has 74 valence electrons. The van der Waals surface area contributed by atoms with E-state index >= 15 is 0 Å². The summed E-state index contributed by atoms with van der Waals surface area (Å²) in [5.74, 6) is 0. The fourth-order valence-corrected chi connectivity index (χ4v) is 1.27. The summed E-state index contributed by atoms with van der Waals surface area (Å²) in [6.07, 6.45) is 3.35. The molecule has 0 spiro atoms. The SMILES string of the molecule is CC(C)(C)CCNCC1(C#N)CC1. The molecule has 1 N–H and O–H groups in total. The van der Waals surface area contributed by atoms with Gasteiger partial charge in [-0.1, -0.05) is 20.8 Å². The highest BCUT2D eigenvalue weighted by molar-refractivity contribution is 5.10. The Labute approximate surface area is 81.3 Å². The normalized spacial score (nSPS) is 19.5. The average Bonchev–Trinajstić information content (AvgIpc) is 2.78. The molecule has 1 aliphatic rings. The van der Waals surface area contributed by atoms with Crippen molar-refractivity contribution in [3.63, 3.8) is 0 Å². The molecule has 0 saturated heterocycles. The molecule has 0 unspecified atom stereocenters. The van der Waals surface area contributed by atoms with E-state index in [0.717, 1.165) is 25.9 Å². The molecule has 1 rings (SSSR count). The van der Waals surface area contributed by atoms with Gasteiger partial charge in [-0.2, -0.15) is 5.26 Å². The molecule has 0 heterocycles. The van der Waals surface area contributed by atoms with Gasteiger partial charge in [-0.15, -0.1) is 0 Å². The fourth-order valence-electron chi connectivity index (χ4n) is 1.27. The molecule has 0 aliphatic heterocycles. The van der Waals surface area contributed by atoms with Crippen molar-refractivity contribution in [3.8, 4) is 6.07 Å². The first-order valence-corrected chi connectivity index (χ1v) is 5.09. The van der Waals surface area contributed by atoms with Crippen molar-refractivity contribution in [1.29, 1.82) is 5.26 Å². The van der Waals surface area contributed by atoms with Crippen LogP contribution in [-0.4, -0.2) is 13.1 Å². The lowest BCUT2D eigenvalue weighted by Gasteiger charge is -2.18. The highest BCUT2D eigenvalue weighted by Gasteiger charge is 2.42. The van der Waals surface area contributed by atoms with Crippen molar-refractivity contribution in [1.82, 2.24) is 5.32 Å². The third kappa shape index (κ3) is 3.78. The zero-order valence-electron chi connectivity index (χ0n) is 8.98. The van der Waals surface area contributed by atoms with Gasteiger partial charge in [-0.3, -0.25) is 0 Å². The molecule has 13 heavy (non-hydrogen) atoms. The number of rotatable bonds is 4. The second-order valence-electron chi connectivity index (χ2n) is 5.38. The van der Waals surface area contributed by atoms with Gasteiger partial charge in [0, 0.05) is 6.54 Å². The van der Waals surface area contributed by atoms with Crippen LogP contribution in [0.3, 0.4) is 0 Å². The van der Waals surface area contributed by atoms with Crippen molar-refractivity contribution in [2.45, 2.75) is 40.0 Å². The van der Waals surface area contributed by atoms with Crippen LogP contribution < -0.4 is 5.32 Å². The highest BCUT2D eigenvalue weighted by atomic mass is 14.9. The van der Waals surface area contributed by atoms with E-state index in [-0.39, 0.29) is 5.41 Å². The Bertz CT molecular complexity index is 203. The number of nitrogens with zero attached hydrogens (tertiary/aromatic N) is 1. The Hall–Kier alpha value is -0.550. The zero-order chi connectivity index (χ0) is 9.95. The molecule has 0 aromatic carbocycles. The third-order valence-corrected chi connectivity index (χ3v) is 2.61. The monoisotopic (exact) mass is 180 g/mol. The summed E-state index contributed by atoms with van der Waals surface area (Å²) in [5.41, 5.74) is 0.411. The Kier molecular flexibility index (Phi) is 2.98. The molecule has 0 bridgehead atoms. The second kappa shape index (κ2) is 3.67. The van der Waals surface area contributed by atoms with E-state index < -0.39 is 0 Å². The lowest BCUT2D eigenvalue weighted by molar-refractivity contribution is 0.362. The molecular formula is C11H20N2. The summed E-state index contributed by atoms with van der Waals surface area (Å²) < 4.78 is 0. The Morgan fingerprint density at radius 3 is 2.38 bits per heavy atom. The van der Waals surface area contributed by atoms with Gasteiger partial charge in [-0.05, 0) is 31.2 Å². The van der Waals surface area contributed by atoms with Crippen LogP contribution in [0.5, 0.6) is 0 Å². The fraction of sp³-hybridized carbons (Fsp3) is 0.909. The standard InChI is InChI=1S/C11H20N2/c1-10(2,3)6-7-13-9-11(8-12)4-5-11/h13H,4-7,9H2,1-3H3. The highest BCUT2D eigenvalue weighted by Crippen LogP contribution is 2.44. The van der Waals surface area contributed by atoms with E-state index in [1.807, 2.05) is 0 Å². The van der Waals surface area contributed by atoms with Gasteiger partial charge in [0.1, 0.15) is 0 Å². The molecule has 0 aromatic heterocycles. The quantitative estimate of drug-likeness (QED) is 0.674. The van der Waals surface area contributed by atoms with Crippen molar-refractivity contribution in [2.75, 3.05) is 13.1 Å². The van der Waals surface area contributed by atoms with E-state index in [1.54, 1.807) is 0 Å². The Morgan fingerprint density at radius 1 is 1.38 bits per heavy atom. The van der Waals surface area contributed by atoms with Crippen LogP contribution in [0.15, 0.2) is 0 Å². The minimum atomic E-state index is 0.0118. The lowest BCUT2D eigenvalue weighted by atomic mass is 9.92. The summed E-state index contributed by atoms with van der Waals surface area (Å²) >= 11 is 0. The van der Waals surface area contributed by atoms with E-state index in [1.165, 1.54) is 6.42 Å². The molecule has 0 aromatic rings. The topological polar surface area (TPSA) is 35.8 Å². The van der Waals surface area contributed by atoms with Crippen LogP contribution in [0.25, 0.3) is 0 Å². The summed E-state index contributed by atoms with van der Waals surface area (Å²) in [5, 5.41) is 12.2. The molecule has 2 nitrogen and oxygen atoms in total. The maximum absolute atomic E-state index is 8.83. The van der Waals surface area contributed by atoms with Gasteiger partial charge < -0.3 is 5.32 Å². The van der Waals surface area contributed by atoms with Crippen LogP contribution >= 0.6 is 0 Å². The first-order valence-electron chi connectivity index (χ1n) is 5.09. The van der Waals surface area contributed by atoms with E-state index in [0.29, 0.717) is 5.41 Å². The van der Waals surface area contributed by atoms with Crippen LogP contribution in [-0.2, 0) is 0 Å². The molecule has 1 aliphatic carbocycles. The molecule has 1 fully saturated rings. The van der Waals surface area contributed by atoms with E-state index in [9.17, 15) is 0 Å². The minimum absolute atomic E-state index is 0.0118. The first kappa shape index (κ1) is 10.5. The first-order chi connectivity index (χ1) is 5.97. The molecule has 0 atom stereocenters. The minimum Gasteiger partial charge on any atom is -0.315 e. The average molecular weight is 180 g/mol. The maximum Gasteiger partial charge on any atom is 0.0703 e. The smallest absolute Gasteiger partial charge is 0.0703 e. The van der Waals surface area contributed by atoms with Crippen LogP contribution in [0, 0.1) is 22.2 Å². The Morgan fingerprint density at radius 2 is 2.00 bits per heavy atom. The van der Waals surface area contributed by atoms with Crippen molar-refractivity contribution >= 4 is 0 Å². The van der Waals surface area contributed by atoms with Gasteiger partial charge in [0.2, 0.25) is 0 Å². The summed E-state index contributed by atoms with van der Waals surface area (Å²) in [6.45, 7) is 8.65. The molecule has 0 radical (unpaired) electrons. The van der Waals surface area contributed by atoms with Crippen LogP contribution in [0.1, 0.15) is 40.0 Å². The molecule has 2 heteroatoms. The van der Waals surface area contributed by atoms with Crippen LogP contribution in [0.2, 0.25) is 0 Å². The lowest BCUT2D eigenvalue weighted by Crippen LogP contribution is -2.26. The van der Waals surface area contributed by atoms with E-state index in [4.69, 9.17) is 5.26 Å². The maximum atomic E-state index is 8.83. The van der Waals surface area contributed by atoms with E-state index in [2.05, 4.69) is 32.2 Å². The summed E-state index contributed by atoms with van der Waals surface area (Å²) in [6, 6.07) is 2.39. The largest absolute Gasteiger partial charge is 0.315 e. The second-order valence-corrected chi connectivity index (χ2v) is 5.38. The van der Waals surface area contributed by atoms with Gasteiger partial charge in [-0.25, -0.2) is 0 Å². The number of nitriles is 1. The molecule has 0 amide bonds. The predicted molar refractivity (Wildman–Crippen MR) is 54.2 cm³/mol. The molecular weight excluding hydrogens is 160 g/mol. The van der Waals surface area contributed by atoms with Gasteiger partial charge in [0.15, 0.2) is 0 Å². The summed E-state index contributed by atoms with van der Waals surface area (Å²) in [4.78, 5) is 0.